The minimum Gasteiger partial charge on any atom is -0.367 e. The van der Waals surface area contributed by atoms with Gasteiger partial charge in [-0.25, -0.2) is 12.8 Å². The van der Waals surface area contributed by atoms with Crippen molar-refractivity contribution >= 4 is 33.4 Å². The number of thioether (sulfide) groups is 1. The van der Waals surface area contributed by atoms with Crippen molar-refractivity contribution in [2.45, 2.75) is 18.2 Å². The third-order valence-corrected chi connectivity index (χ3v) is 8.03. The van der Waals surface area contributed by atoms with Gasteiger partial charge in [0.05, 0.1) is 17.0 Å². The highest BCUT2D eigenvalue weighted by atomic mass is 32.2. The van der Waals surface area contributed by atoms with Gasteiger partial charge in [-0.15, -0.1) is 11.8 Å². The number of rotatable bonds is 9. The topological polar surface area (TPSA) is 69.7 Å². The smallest absolute Gasteiger partial charge is 0.252 e. The molecule has 1 N–H and O–H groups in total. The highest BCUT2D eigenvalue weighted by molar-refractivity contribution is 7.99. The van der Waals surface area contributed by atoms with Crippen molar-refractivity contribution < 1.29 is 17.6 Å². The van der Waals surface area contributed by atoms with Gasteiger partial charge in [-0.3, -0.25) is 4.79 Å². The summed E-state index contributed by atoms with van der Waals surface area (Å²) in [6.45, 7) is 3.86. The summed E-state index contributed by atoms with van der Waals surface area (Å²) in [4.78, 5) is 15.2. The number of amides is 1. The molecule has 0 aromatic heterocycles. The molecule has 6 nitrogen and oxygen atoms in total. The molecule has 1 heterocycles. The van der Waals surface area contributed by atoms with Crippen molar-refractivity contribution in [1.29, 1.82) is 0 Å². The fourth-order valence-corrected chi connectivity index (χ4v) is 5.82. The van der Waals surface area contributed by atoms with E-state index in [-0.39, 0.29) is 17.5 Å². The van der Waals surface area contributed by atoms with Gasteiger partial charge in [-0.2, -0.15) is 4.31 Å². The SMILES string of the molecule is CCSc1ccccc1C(=O)NCCCS(=O)(=O)N1CCN(c2ccccc2F)CC1. The van der Waals surface area contributed by atoms with E-state index < -0.39 is 10.0 Å². The number of para-hydroxylation sites is 1. The number of piperazine rings is 1. The van der Waals surface area contributed by atoms with Crippen LogP contribution in [0.4, 0.5) is 10.1 Å². The first kappa shape index (κ1) is 23.6. The first-order chi connectivity index (χ1) is 14.9. The first-order valence-corrected chi connectivity index (χ1v) is 13.0. The number of benzene rings is 2. The number of hydrogen-bond acceptors (Lipinski definition) is 5. The Labute approximate surface area is 187 Å². The summed E-state index contributed by atoms with van der Waals surface area (Å²) < 4.78 is 40.7. The van der Waals surface area contributed by atoms with E-state index in [2.05, 4.69) is 5.32 Å². The maximum Gasteiger partial charge on any atom is 0.252 e. The number of halogens is 1. The molecule has 3 rings (SSSR count). The van der Waals surface area contributed by atoms with E-state index in [0.717, 1.165) is 10.6 Å². The second-order valence-electron chi connectivity index (χ2n) is 7.19. The maximum atomic E-state index is 14.0. The van der Waals surface area contributed by atoms with Crippen LogP contribution in [0, 0.1) is 5.82 Å². The van der Waals surface area contributed by atoms with E-state index in [1.54, 1.807) is 36.0 Å². The van der Waals surface area contributed by atoms with Gasteiger partial charge in [-0.05, 0) is 36.4 Å². The van der Waals surface area contributed by atoms with Crippen molar-refractivity contribution in [2.75, 3.05) is 49.1 Å². The van der Waals surface area contributed by atoms with E-state index in [1.807, 2.05) is 30.0 Å². The number of anilines is 1. The Bertz CT molecular complexity index is 993. The van der Waals surface area contributed by atoms with Gasteiger partial charge < -0.3 is 10.2 Å². The van der Waals surface area contributed by atoms with Crippen LogP contribution in [0.2, 0.25) is 0 Å². The lowest BCUT2D eigenvalue weighted by Crippen LogP contribution is -2.49. The fourth-order valence-electron chi connectivity index (χ4n) is 3.53. The fraction of sp³-hybridized carbons (Fsp3) is 0.409. The molecule has 0 bridgehead atoms. The molecule has 1 amide bonds. The summed E-state index contributed by atoms with van der Waals surface area (Å²) in [5.41, 5.74) is 1.12. The van der Waals surface area contributed by atoms with Gasteiger partial charge in [0, 0.05) is 37.6 Å². The summed E-state index contributed by atoms with van der Waals surface area (Å²) in [7, 11) is -3.42. The van der Waals surface area contributed by atoms with Crippen LogP contribution in [0.3, 0.4) is 0 Å². The van der Waals surface area contributed by atoms with Crippen LogP contribution in [0.5, 0.6) is 0 Å². The van der Waals surface area contributed by atoms with Crippen LogP contribution < -0.4 is 10.2 Å². The van der Waals surface area contributed by atoms with Crippen LogP contribution in [0.15, 0.2) is 53.4 Å². The number of hydrogen-bond donors (Lipinski definition) is 1. The first-order valence-electron chi connectivity index (χ1n) is 10.4. The Kier molecular flexibility index (Phi) is 8.34. The standard InChI is InChI=1S/C22H28FN3O3S2/c1-2-30-21-11-6-3-8-18(21)22(27)24-12-7-17-31(28,29)26-15-13-25(14-16-26)20-10-5-4-9-19(20)23/h3-6,8-11H,2,7,12-17H2,1H3,(H,24,27). The molecule has 1 aliphatic rings. The maximum absolute atomic E-state index is 14.0. The van der Waals surface area contributed by atoms with E-state index >= 15 is 0 Å². The molecular formula is C22H28FN3O3S2. The Morgan fingerprint density at radius 2 is 1.74 bits per heavy atom. The third kappa shape index (κ3) is 6.21. The molecule has 9 heteroatoms. The van der Waals surface area contributed by atoms with Crippen molar-refractivity contribution in [1.82, 2.24) is 9.62 Å². The predicted molar refractivity (Wildman–Crippen MR) is 124 cm³/mol. The summed E-state index contributed by atoms with van der Waals surface area (Å²) >= 11 is 1.60. The molecule has 0 spiro atoms. The van der Waals surface area contributed by atoms with Gasteiger partial charge in [0.1, 0.15) is 5.82 Å². The Morgan fingerprint density at radius 3 is 2.45 bits per heavy atom. The molecule has 168 valence electrons. The Balaban J connectivity index is 1.46. The van der Waals surface area contributed by atoms with Gasteiger partial charge in [0.2, 0.25) is 10.0 Å². The predicted octanol–water partition coefficient (Wildman–Crippen LogP) is 3.21. The lowest BCUT2D eigenvalue weighted by Gasteiger charge is -2.35. The monoisotopic (exact) mass is 465 g/mol. The molecule has 2 aromatic carbocycles. The molecule has 1 aliphatic heterocycles. The molecule has 0 saturated carbocycles. The zero-order chi connectivity index (χ0) is 22.3. The van der Waals surface area contributed by atoms with Crippen LogP contribution >= 0.6 is 11.8 Å². The molecule has 1 fully saturated rings. The normalized spacial score (nSPS) is 15.1. The van der Waals surface area contributed by atoms with E-state index in [4.69, 9.17) is 0 Å². The van der Waals surface area contributed by atoms with Gasteiger partial charge in [-0.1, -0.05) is 31.2 Å². The highest BCUT2D eigenvalue weighted by Crippen LogP contribution is 2.22. The van der Waals surface area contributed by atoms with E-state index in [0.29, 0.717) is 50.4 Å². The summed E-state index contributed by atoms with van der Waals surface area (Å²) in [6, 6.07) is 13.9. The van der Waals surface area contributed by atoms with Gasteiger partial charge in [0.25, 0.3) is 5.91 Å². The molecule has 0 atom stereocenters. The van der Waals surface area contributed by atoms with Crippen molar-refractivity contribution in [3.05, 3.63) is 59.9 Å². The molecule has 1 saturated heterocycles. The minimum absolute atomic E-state index is 0.0294. The van der Waals surface area contributed by atoms with Crippen LogP contribution in [0.25, 0.3) is 0 Å². The van der Waals surface area contributed by atoms with Gasteiger partial charge in [0.15, 0.2) is 0 Å². The van der Waals surface area contributed by atoms with E-state index in [1.165, 1.54) is 10.4 Å². The van der Waals surface area contributed by atoms with E-state index in [9.17, 15) is 17.6 Å². The average molecular weight is 466 g/mol. The zero-order valence-electron chi connectivity index (χ0n) is 17.6. The molecule has 0 aliphatic carbocycles. The van der Waals surface area contributed by atoms with Crippen LogP contribution in [0.1, 0.15) is 23.7 Å². The van der Waals surface area contributed by atoms with Crippen LogP contribution in [-0.2, 0) is 10.0 Å². The highest BCUT2D eigenvalue weighted by Gasteiger charge is 2.27. The minimum atomic E-state index is -3.42. The number of carbonyl (C=O) groups excluding carboxylic acids is 1. The number of nitrogens with zero attached hydrogens (tertiary/aromatic N) is 2. The summed E-state index contributed by atoms with van der Waals surface area (Å²) in [5, 5.41) is 2.82. The molecule has 0 radical (unpaired) electrons. The second-order valence-corrected chi connectivity index (χ2v) is 10.6. The zero-order valence-corrected chi connectivity index (χ0v) is 19.2. The summed E-state index contributed by atoms with van der Waals surface area (Å²) in [5.74, 6) is 0.353. The lowest BCUT2D eigenvalue weighted by molar-refractivity contribution is 0.0950. The number of carbonyl (C=O) groups is 1. The molecule has 0 unspecified atom stereocenters. The largest absolute Gasteiger partial charge is 0.367 e. The van der Waals surface area contributed by atoms with Crippen molar-refractivity contribution in [3.8, 4) is 0 Å². The molecule has 2 aromatic rings. The van der Waals surface area contributed by atoms with Gasteiger partial charge >= 0.3 is 0 Å². The molecule has 31 heavy (non-hydrogen) atoms. The Morgan fingerprint density at radius 1 is 1.06 bits per heavy atom. The lowest BCUT2D eigenvalue weighted by atomic mass is 10.2. The third-order valence-electron chi connectivity index (χ3n) is 5.12. The second kappa shape index (κ2) is 11.0. The average Bonchev–Trinajstić information content (AvgIpc) is 2.78. The Hall–Kier alpha value is -2.10. The summed E-state index contributed by atoms with van der Waals surface area (Å²) in [6.07, 6.45) is 0.338. The van der Waals surface area contributed by atoms with Crippen molar-refractivity contribution in [2.24, 2.45) is 0 Å². The quantitative estimate of drug-likeness (QED) is 0.455. The number of nitrogens with one attached hydrogen (secondary N) is 1. The number of sulfonamides is 1. The van der Waals surface area contributed by atoms with Crippen molar-refractivity contribution in [3.63, 3.8) is 0 Å². The van der Waals surface area contributed by atoms with Crippen LogP contribution in [-0.4, -0.2) is 62.9 Å². The molecular weight excluding hydrogens is 437 g/mol.